The summed E-state index contributed by atoms with van der Waals surface area (Å²) in [7, 11) is 0. The fraction of sp³-hybridized carbons (Fsp3) is 0.750. The molecular formula is C16H26N6O3S. The van der Waals surface area contributed by atoms with Crippen LogP contribution in [0.1, 0.15) is 19.8 Å². The van der Waals surface area contributed by atoms with E-state index < -0.39 is 0 Å². The fourth-order valence-corrected chi connectivity index (χ4v) is 4.22. The first kappa shape index (κ1) is 19.0. The highest BCUT2D eigenvalue weighted by Gasteiger charge is 2.27. The zero-order valence-corrected chi connectivity index (χ0v) is 15.9. The van der Waals surface area contributed by atoms with Crippen molar-refractivity contribution in [1.82, 2.24) is 19.7 Å². The summed E-state index contributed by atoms with van der Waals surface area (Å²) in [6.07, 6.45) is 1.58. The van der Waals surface area contributed by atoms with Crippen LogP contribution in [0.15, 0.2) is 5.16 Å². The van der Waals surface area contributed by atoms with E-state index in [1.807, 2.05) is 11.5 Å². The van der Waals surface area contributed by atoms with Gasteiger partial charge in [-0.3, -0.25) is 14.2 Å². The second-order valence-electron chi connectivity index (χ2n) is 6.50. The number of likely N-dealkylation sites (tertiary alicyclic amines) is 1. The van der Waals surface area contributed by atoms with Crippen molar-refractivity contribution >= 4 is 29.5 Å². The molecule has 2 saturated heterocycles. The Morgan fingerprint density at radius 3 is 2.73 bits per heavy atom. The van der Waals surface area contributed by atoms with E-state index in [1.54, 1.807) is 4.90 Å². The quantitative estimate of drug-likeness (QED) is 0.688. The number of nitrogens with zero attached hydrogens (tertiary/aromatic N) is 5. The summed E-state index contributed by atoms with van der Waals surface area (Å²) in [6.45, 7) is 6.86. The number of ether oxygens (including phenoxy) is 1. The fourth-order valence-electron chi connectivity index (χ4n) is 3.32. The van der Waals surface area contributed by atoms with E-state index in [4.69, 9.17) is 10.5 Å². The first-order valence-corrected chi connectivity index (χ1v) is 10.0. The van der Waals surface area contributed by atoms with Gasteiger partial charge in [0.2, 0.25) is 17.8 Å². The van der Waals surface area contributed by atoms with E-state index in [1.165, 1.54) is 11.8 Å². The summed E-state index contributed by atoms with van der Waals surface area (Å²) < 4.78 is 7.42. The van der Waals surface area contributed by atoms with Crippen LogP contribution in [0.3, 0.4) is 0 Å². The van der Waals surface area contributed by atoms with Crippen molar-refractivity contribution in [2.24, 2.45) is 11.7 Å². The highest BCUT2D eigenvalue weighted by atomic mass is 32.2. The van der Waals surface area contributed by atoms with E-state index in [9.17, 15) is 9.59 Å². The normalized spacial score (nSPS) is 21.0. The Hall–Kier alpha value is -1.81. The summed E-state index contributed by atoms with van der Waals surface area (Å²) in [5, 5.41) is 9.33. The molecule has 0 spiro atoms. The van der Waals surface area contributed by atoms with Gasteiger partial charge in [-0.15, -0.1) is 10.2 Å². The number of carbonyl (C=O) groups is 2. The number of aromatic nitrogens is 3. The third-order valence-corrected chi connectivity index (χ3v) is 5.76. The second kappa shape index (κ2) is 8.72. The number of thioether (sulfide) groups is 1. The Labute approximate surface area is 157 Å². The van der Waals surface area contributed by atoms with E-state index in [2.05, 4.69) is 15.1 Å². The molecule has 2 aliphatic heterocycles. The molecule has 3 heterocycles. The summed E-state index contributed by atoms with van der Waals surface area (Å²) in [4.78, 5) is 27.8. The van der Waals surface area contributed by atoms with Crippen molar-refractivity contribution in [3.05, 3.63) is 0 Å². The van der Waals surface area contributed by atoms with E-state index in [0.717, 1.165) is 43.6 Å². The minimum atomic E-state index is -0.323. The van der Waals surface area contributed by atoms with Crippen LogP contribution in [-0.2, 0) is 20.9 Å². The van der Waals surface area contributed by atoms with Gasteiger partial charge in [0.15, 0.2) is 5.16 Å². The van der Waals surface area contributed by atoms with Gasteiger partial charge in [0.1, 0.15) is 0 Å². The van der Waals surface area contributed by atoms with Gasteiger partial charge in [-0.25, -0.2) is 0 Å². The van der Waals surface area contributed by atoms with Crippen molar-refractivity contribution in [2.75, 3.05) is 50.0 Å². The molecule has 10 heteroatoms. The molecule has 3 rings (SSSR count). The molecule has 0 aromatic carbocycles. The van der Waals surface area contributed by atoms with Gasteiger partial charge in [-0.2, -0.15) is 0 Å². The van der Waals surface area contributed by atoms with Gasteiger partial charge in [0, 0.05) is 32.7 Å². The Balaban J connectivity index is 1.59. The third kappa shape index (κ3) is 4.29. The van der Waals surface area contributed by atoms with Crippen LogP contribution in [0, 0.1) is 5.92 Å². The average molecular weight is 382 g/mol. The number of morpholine rings is 1. The zero-order valence-electron chi connectivity index (χ0n) is 15.1. The monoisotopic (exact) mass is 382 g/mol. The number of anilines is 1. The lowest BCUT2D eigenvalue weighted by atomic mass is 9.97. The molecule has 1 aromatic heterocycles. The predicted octanol–water partition coefficient (Wildman–Crippen LogP) is -0.0494. The zero-order chi connectivity index (χ0) is 18.5. The van der Waals surface area contributed by atoms with Crippen molar-refractivity contribution in [2.45, 2.75) is 31.5 Å². The number of piperidine rings is 1. The Morgan fingerprint density at radius 1 is 1.27 bits per heavy atom. The largest absolute Gasteiger partial charge is 0.378 e. The molecule has 9 nitrogen and oxygen atoms in total. The molecule has 2 amide bonds. The van der Waals surface area contributed by atoms with Crippen molar-refractivity contribution < 1.29 is 14.3 Å². The van der Waals surface area contributed by atoms with Crippen molar-refractivity contribution in [3.63, 3.8) is 0 Å². The Bertz CT molecular complexity index is 646. The smallest absolute Gasteiger partial charge is 0.233 e. The minimum Gasteiger partial charge on any atom is -0.378 e. The number of hydrogen-bond acceptors (Lipinski definition) is 7. The SMILES string of the molecule is CCn1c(SCC(=O)N2CCC[C@H](C(N)=O)C2)nnc1N1CCOCC1. The van der Waals surface area contributed by atoms with Gasteiger partial charge < -0.3 is 20.3 Å². The maximum absolute atomic E-state index is 12.5. The van der Waals surface area contributed by atoms with Crippen LogP contribution in [0.25, 0.3) is 0 Å². The molecule has 0 saturated carbocycles. The van der Waals surface area contributed by atoms with Gasteiger partial charge in [-0.1, -0.05) is 11.8 Å². The summed E-state index contributed by atoms with van der Waals surface area (Å²) in [5.74, 6) is 0.574. The van der Waals surface area contributed by atoms with Crippen LogP contribution >= 0.6 is 11.8 Å². The number of rotatable bonds is 6. The standard InChI is InChI=1S/C16H26N6O3S/c1-2-22-15(20-6-8-25-9-7-20)18-19-16(22)26-11-13(23)21-5-3-4-12(10-21)14(17)24/h12H,2-11H2,1H3,(H2,17,24)/t12-/m0/s1. The first-order valence-electron chi connectivity index (χ1n) is 9.06. The van der Waals surface area contributed by atoms with Crippen molar-refractivity contribution in [1.29, 1.82) is 0 Å². The molecule has 2 N–H and O–H groups in total. The molecule has 0 radical (unpaired) electrons. The number of nitrogens with two attached hydrogens (primary N) is 1. The molecule has 26 heavy (non-hydrogen) atoms. The number of amides is 2. The van der Waals surface area contributed by atoms with Gasteiger partial charge in [-0.05, 0) is 19.8 Å². The second-order valence-corrected chi connectivity index (χ2v) is 7.44. The molecule has 2 fully saturated rings. The number of carbonyl (C=O) groups excluding carboxylic acids is 2. The highest BCUT2D eigenvalue weighted by Crippen LogP contribution is 2.24. The predicted molar refractivity (Wildman–Crippen MR) is 98.0 cm³/mol. The van der Waals surface area contributed by atoms with E-state index in [0.29, 0.717) is 26.3 Å². The molecule has 0 unspecified atom stereocenters. The molecule has 144 valence electrons. The summed E-state index contributed by atoms with van der Waals surface area (Å²) in [6, 6.07) is 0. The molecule has 1 aromatic rings. The maximum Gasteiger partial charge on any atom is 0.233 e. The molecule has 0 bridgehead atoms. The lowest BCUT2D eigenvalue weighted by Crippen LogP contribution is -2.44. The lowest BCUT2D eigenvalue weighted by molar-refractivity contribution is -0.132. The van der Waals surface area contributed by atoms with Crippen LogP contribution in [0.5, 0.6) is 0 Å². The van der Waals surface area contributed by atoms with E-state index >= 15 is 0 Å². The van der Waals surface area contributed by atoms with Crippen LogP contribution in [0.2, 0.25) is 0 Å². The number of primary amides is 1. The van der Waals surface area contributed by atoms with E-state index in [-0.39, 0.29) is 23.5 Å². The van der Waals surface area contributed by atoms with Gasteiger partial charge in [0.05, 0.1) is 24.9 Å². The lowest BCUT2D eigenvalue weighted by Gasteiger charge is -2.31. The molecule has 0 aliphatic carbocycles. The minimum absolute atomic E-state index is 0.0134. The topological polar surface area (TPSA) is 107 Å². The first-order chi connectivity index (χ1) is 12.6. The van der Waals surface area contributed by atoms with Crippen LogP contribution in [-0.4, -0.2) is 76.6 Å². The van der Waals surface area contributed by atoms with Gasteiger partial charge in [0.25, 0.3) is 0 Å². The number of hydrogen-bond donors (Lipinski definition) is 1. The average Bonchev–Trinajstić information content (AvgIpc) is 3.09. The third-order valence-electron chi connectivity index (χ3n) is 4.81. The Kier molecular flexibility index (Phi) is 6.36. The Morgan fingerprint density at radius 2 is 2.04 bits per heavy atom. The maximum atomic E-state index is 12.5. The molecule has 1 atom stereocenters. The molecule has 2 aliphatic rings. The van der Waals surface area contributed by atoms with Crippen LogP contribution in [0.4, 0.5) is 5.95 Å². The van der Waals surface area contributed by atoms with Gasteiger partial charge >= 0.3 is 0 Å². The summed E-state index contributed by atoms with van der Waals surface area (Å²) in [5.41, 5.74) is 5.39. The summed E-state index contributed by atoms with van der Waals surface area (Å²) >= 11 is 1.39. The van der Waals surface area contributed by atoms with Crippen molar-refractivity contribution in [3.8, 4) is 0 Å². The highest BCUT2D eigenvalue weighted by molar-refractivity contribution is 7.99. The molecular weight excluding hydrogens is 356 g/mol. The van der Waals surface area contributed by atoms with Crippen LogP contribution < -0.4 is 10.6 Å².